The van der Waals surface area contributed by atoms with Gasteiger partial charge in [0.1, 0.15) is 5.75 Å². The maximum absolute atomic E-state index is 12.0. The summed E-state index contributed by atoms with van der Waals surface area (Å²) in [7, 11) is 0. The highest BCUT2D eigenvalue weighted by Gasteiger charge is 2.28. The maximum Gasteiger partial charge on any atom is 0.387 e. The Hall–Kier alpha value is -1.69. The van der Waals surface area contributed by atoms with Crippen molar-refractivity contribution >= 4 is 5.91 Å². The van der Waals surface area contributed by atoms with Gasteiger partial charge in [0, 0.05) is 12.5 Å². The third-order valence-electron chi connectivity index (χ3n) is 3.55. The normalized spacial score (nSPS) is 16.6. The molecule has 1 aliphatic heterocycles. The molecule has 1 aromatic rings. The molecule has 110 valence electrons. The van der Waals surface area contributed by atoms with Gasteiger partial charge >= 0.3 is 6.61 Å². The van der Waals surface area contributed by atoms with E-state index >= 15 is 0 Å². The van der Waals surface area contributed by atoms with Crippen molar-refractivity contribution in [2.24, 2.45) is 11.8 Å². The lowest BCUT2D eigenvalue weighted by molar-refractivity contribution is -0.126. The molecule has 1 aromatic carbocycles. The fourth-order valence-corrected chi connectivity index (χ4v) is 2.02. The zero-order valence-corrected chi connectivity index (χ0v) is 11.2. The van der Waals surface area contributed by atoms with Crippen molar-refractivity contribution in [2.45, 2.75) is 20.1 Å². The first kappa shape index (κ1) is 14.7. The number of carbonyl (C=O) groups is 1. The van der Waals surface area contributed by atoms with Gasteiger partial charge in [0.25, 0.3) is 0 Å². The Morgan fingerprint density at radius 1 is 1.40 bits per heavy atom. The van der Waals surface area contributed by atoms with Crippen LogP contribution >= 0.6 is 0 Å². The highest BCUT2D eigenvalue weighted by molar-refractivity contribution is 5.78. The molecule has 4 nitrogen and oxygen atoms in total. The number of nitrogens with one attached hydrogen (secondary N) is 2. The lowest BCUT2D eigenvalue weighted by Crippen LogP contribution is -2.49. The second kappa shape index (κ2) is 6.65. The summed E-state index contributed by atoms with van der Waals surface area (Å²) >= 11 is 0. The molecule has 1 atom stereocenters. The Labute approximate surface area is 116 Å². The van der Waals surface area contributed by atoms with Gasteiger partial charge in [-0.05, 0) is 36.7 Å². The van der Waals surface area contributed by atoms with Crippen LogP contribution in [0.4, 0.5) is 8.78 Å². The molecule has 1 amide bonds. The van der Waals surface area contributed by atoms with Gasteiger partial charge in [-0.3, -0.25) is 4.79 Å². The number of ether oxygens (including phenoxy) is 1. The average Bonchev–Trinajstić information content (AvgIpc) is 2.34. The van der Waals surface area contributed by atoms with Gasteiger partial charge in [-0.25, -0.2) is 0 Å². The van der Waals surface area contributed by atoms with Crippen molar-refractivity contribution in [1.29, 1.82) is 0 Å². The van der Waals surface area contributed by atoms with Crippen LogP contribution in [0.5, 0.6) is 5.75 Å². The number of halogens is 2. The van der Waals surface area contributed by atoms with Gasteiger partial charge in [-0.15, -0.1) is 0 Å². The molecule has 0 spiro atoms. The standard InChI is InChI=1S/C14H18F2N2O2/c1-9(11-7-17-8-11)13(19)18-6-10-2-4-12(5-3-10)20-14(15)16/h2-5,9,11,14,17H,6-8H2,1H3,(H,18,19). The first-order valence-corrected chi connectivity index (χ1v) is 6.58. The van der Waals surface area contributed by atoms with E-state index in [0.29, 0.717) is 12.5 Å². The van der Waals surface area contributed by atoms with E-state index in [1.807, 2.05) is 6.92 Å². The number of hydrogen-bond donors (Lipinski definition) is 2. The second-order valence-corrected chi connectivity index (χ2v) is 4.95. The minimum absolute atomic E-state index is 0.0160. The van der Waals surface area contributed by atoms with Crippen molar-refractivity contribution in [3.8, 4) is 5.75 Å². The van der Waals surface area contributed by atoms with Gasteiger partial charge in [0.2, 0.25) is 5.91 Å². The van der Waals surface area contributed by atoms with Gasteiger partial charge in [0.05, 0.1) is 0 Å². The number of benzene rings is 1. The molecule has 1 fully saturated rings. The quantitative estimate of drug-likeness (QED) is 0.837. The topological polar surface area (TPSA) is 50.4 Å². The van der Waals surface area contributed by atoms with Crippen LogP contribution < -0.4 is 15.4 Å². The summed E-state index contributed by atoms with van der Waals surface area (Å²) in [6.45, 7) is 1.25. The van der Waals surface area contributed by atoms with Crippen molar-refractivity contribution < 1.29 is 18.3 Å². The van der Waals surface area contributed by atoms with Gasteiger partial charge in [-0.2, -0.15) is 8.78 Å². The lowest BCUT2D eigenvalue weighted by Gasteiger charge is -2.31. The molecule has 0 aliphatic carbocycles. The summed E-state index contributed by atoms with van der Waals surface area (Å²) in [4.78, 5) is 11.9. The number of amides is 1. The molecule has 0 aromatic heterocycles. The lowest BCUT2D eigenvalue weighted by atomic mass is 9.88. The minimum Gasteiger partial charge on any atom is -0.435 e. The SMILES string of the molecule is CC(C(=O)NCc1ccc(OC(F)F)cc1)C1CNC1. The van der Waals surface area contributed by atoms with Crippen molar-refractivity contribution in [2.75, 3.05) is 13.1 Å². The first-order chi connectivity index (χ1) is 9.56. The predicted octanol–water partition coefficient (Wildman–Crippen LogP) is 1.76. The Morgan fingerprint density at radius 2 is 2.05 bits per heavy atom. The summed E-state index contributed by atoms with van der Waals surface area (Å²) < 4.78 is 28.2. The van der Waals surface area contributed by atoms with Crippen molar-refractivity contribution in [1.82, 2.24) is 10.6 Å². The number of hydrogen-bond acceptors (Lipinski definition) is 3. The van der Waals surface area contributed by atoms with Gasteiger partial charge in [0.15, 0.2) is 0 Å². The molecule has 1 aliphatic rings. The van der Waals surface area contributed by atoms with E-state index in [9.17, 15) is 13.6 Å². The van der Waals surface area contributed by atoms with Crippen LogP contribution in [0.1, 0.15) is 12.5 Å². The second-order valence-electron chi connectivity index (χ2n) is 4.95. The van der Waals surface area contributed by atoms with Crippen LogP contribution in [0, 0.1) is 11.8 Å². The van der Waals surface area contributed by atoms with E-state index < -0.39 is 6.61 Å². The molecule has 2 N–H and O–H groups in total. The van der Waals surface area contributed by atoms with Gasteiger partial charge < -0.3 is 15.4 Å². The molecule has 6 heteroatoms. The largest absolute Gasteiger partial charge is 0.435 e. The summed E-state index contributed by atoms with van der Waals surface area (Å²) in [6, 6.07) is 6.25. The highest BCUT2D eigenvalue weighted by Crippen LogP contribution is 2.17. The molecule has 0 saturated carbocycles. The van der Waals surface area contributed by atoms with Crippen LogP contribution in [0.3, 0.4) is 0 Å². The zero-order valence-electron chi connectivity index (χ0n) is 11.2. The van der Waals surface area contributed by atoms with E-state index in [-0.39, 0.29) is 17.6 Å². The molecular formula is C14H18F2N2O2. The van der Waals surface area contributed by atoms with Crippen molar-refractivity contribution in [3.63, 3.8) is 0 Å². The third kappa shape index (κ3) is 3.90. The molecular weight excluding hydrogens is 266 g/mol. The molecule has 2 rings (SSSR count). The number of rotatable bonds is 6. The maximum atomic E-state index is 12.0. The Balaban J connectivity index is 1.79. The zero-order chi connectivity index (χ0) is 14.5. The molecule has 0 bridgehead atoms. The fourth-order valence-electron chi connectivity index (χ4n) is 2.02. The van der Waals surface area contributed by atoms with E-state index in [2.05, 4.69) is 15.4 Å². The van der Waals surface area contributed by atoms with E-state index in [1.165, 1.54) is 12.1 Å². The Morgan fingerprint density at radius 3 is 2.55 bits per heavy atom. The van der Waals surface area contributed by atoms with Crippen LogP contribution in [0.2, 0.25) is 0 Å². The molecule has 0 radical (unpaired) electrons. The van der Waals surface area contributed by atoms with E-state index in [1.54, 1.807) is 12.1 Å². The van der Waals surface area contributed by atoms with Crippen LogP contribution in [-0.4, -0.2) is 25.6 Å². The summed E-state index contributed by atoms with van der Waals surface area (Å²) in [5, 5.41) is 5.99. The van der Waals surface area contributed by atoms with Crippen molar-refractivity contribution in [3.05, 3.63) is 29.8 Å². The Bertz CT molecular complexity index is 447. The van der Waals surface area contributed by atoms with Crippen LogP contribution in [0.25, 0.3) is 0 Å². The summed E-state index contributed by atoms with van der Waals surface area (Å²) in [5.41, 5.74) is 0.846. The molecule has 1 saturated heterocycles. The third-order valence-corrected chi connectivity index (χ3v) is 3.55. The van der Waals surface area contributed by atoms with Crippen LogP contribution in [-0.2, 0) is 11.3 Å². The minimum atomic E-state index is -2.82. The Kier molecular flexibility index (Phi) is 4.89. The smallest absolute Gasteiger partial charge is 0.387 e. The van der Waals surface area contributed by atoms with E-state index in [0.717, 1.165) is 18.7 Å². The molecule has 1 unspecified atom stereocenters. The summed E-state index contributed by atoms with van der Waals surface area (Å²) in [6.07, 6.45) is 0. The number of alkyl halides is 2. The monoisotopic (exact) mass is 284 g/mol. The predicted molar refractivity (Wildman–Crippen MR) is 70.4 cm³/mol. The average molecular weight is 284 g/mol. The highest BCUT2D eigenvalue weighted by atomic mass is 19.3. The number of carbonyl (C=O) groups excluding carboxylic acids is 1. The molecule has 1 heterocycles. The molecule has 20 heavy (non-hydrogen) atoms. The van der Waals surface area contributed by atoms with E-state index in [4.69, 9.17) is 0 Å². The first-order valence-electron chi connectivity index (χ1n) is 6.58. The summed E-state index contributed by atoms with van der Waals surface area (Å²) in [5.74, 6) is 0.517. The fraction of sp³-hybridized carbons (Fsp3) is 0.500. The van der Waals surface area contributed by atoms with Gasteiger partial charge in [-0.1, -0.05) is 19.1 Å². The van der Waals surface area contributed by atoms with Crippen LogP contribution in [0.15, 0.2) is 24.3 Å².